The van der Waals surface area contributed by atoms with E-state index in [1.165, 1.54) is 5.56 Å². The van der Waals surface area contributed by atoms with Crippen LogP contribution in [0.15, 0.2) is 18.2 Å². The molecule has 2 N–H and O–H groups in total. The number of piperazine rings is 1. The van der Waals surface area contributed by atoms with Crippen LogP contribution in [0.25, 0.3) is 0 Å². The Morgan fingerprint density at radius 3 is 2.41 bits per heavy atom. The van der Waals surface area contributed by atoms with Gasteiger partial charge < -0.3 is 15.2 Å². The molecule has 0 saturated carbocycles. The van der Waals surface area contributed by atoms with Crippen LogP contribution >= 0.6 is 24.8 Å². The number of hydrogen-bond donors (Lipinski definition) is 2. The summed E-state index contributed by atoms with van der Waals surface area (Å²) in [7, 11) is 1.60. The van der Waals surface area contributed by atoms with E-state index < -0.39 is 0 Å². The number of hydrogen-bond acceptors (Lipinski definition) is 4. The molecule has 0 unspecified atom stereocenters. The summed E-state index contributed by atoms with van der Waals surface area (Å²) in [6, 6.07) is 6.13. The maximum absolute atomic E-state index is 9.76. The van der Waals surface area contributed by atoms with Gasteiger partial charge in [0.2, 0.25) is 0 Å². The highest BCUT2D eigenvalue weighted by atomic mass is 35.5. The Balaban J connectivity index is 0.00000220. The summed E-state index contributed by atoms with van der Waals surface area (Å²) in [5.41, 5.74) is 1.23. The number of methoxy groups -OCH3 is 1. The lowest BCUT2D eigenvalue weighted by atomic mass is 9.94. The Hall–Kier alpha value is -0.680. The average Bonchev–Trinajstić information content (AvgIpc) is 2.46. The van der Waals surface area contributed by atoms with Crippen molar-refractivity contribution in [2.24, 2.45) is 5.92 Å². The fourth-order valence-electron chi connectivity index (χ4n) is 2.84. The molecule has 0 amide bonds. The van der Waals surface area contributed by atoms with Gasteiger partial charge in [0.1, 0.15) is 0 Å². The van der Waals surface area contributed by atoms with Crippen LogP contribution in [0.4, 0.5) is 0 Å². The molecule has 1 aromatic carbocycles. The molecule has 0 bridgehead atoms. The monoisotopic (exact) mass is 350 g/mol. The van der Waals surface area contributed by atoms with E-state index in [-0.39, 0.29) is 30.6 Å². The number of nitrogens with one attached hydrogen (secondary N) is 1. The van der Waals surface area contributed by atoms with Gasteiger partial charge in [-0.15, -0.1) is 24.8 Å². The van der Waals surface area contributed by atoms with E-state index >= 15 is 0 Å². The minimum absolute atomic E-state index is 0. The van der Waals surface area contributed by atoms with E-state index in [1.54, 1.807) is 13.2 Å². The lowest BCUT2D eigenvalue weighted by Crippen LogP contribution is -2.45. The number of benzene rings is 1. The SMILES string of the molecule is COc1cc([C@@H](CC(C)C)N2CCNCC2)ccc1O.Cl.Cl. The Kier molecular flexibility index (Phi) is 9.85. The number of halogens is 2. The van der Waals surface area contributed by atoms with E-state index in [0.717, 1.165) is 32.6 Å². The van der Waals surface area contributed by atoms with Crippen LogP contribution in [0, 0.1) is 5.92 Å². The Bertz CT molecular complexity index is 438. The molecule has 0 radical (unpaired) electrons. The predicted octanol–water partition coefficient (Wildman–Crippen LogP) is 3.24. The molecule has 1 aromatic rings. The first-order valence-corrected chi connectivity index (χ1v) is 7.43. The van der Waals surface area contributed by atoms with Gasteiger partial charge in [0, 0.05) is 32.2 Å². The quantitative estimate of drug-likeness (QED) is 0.855. The highest BCUT2D eigenvalue weighted by Gasteiger charge is 2.23. The van der Waals surface area contributed by atoms with E-state index in [0.29, 0.717) is 17.7 Å². The molecule has 6 heteroatoms. The second-order valence-corrected chi connectivity index (χ2v) is 5.86. The van der Waals surface area contributed by atoms with Crippen molar-refractivity contribution in [2.75, 3.05) is 33.3 Å². The molecule has 2 rings (SSSR count). The molecule has 0 aliphatic carbocycles. The molecular formula is C16H28Cl2N2O2. The van der Waals surface area contributed by atoms with Crippen molar-refractivity contribution in [3.05, 3.63) is 23.8 Å². The largest absolute Gasteiger partial charge is 0.504 e. The second-order valence-electron chi connectivity index (χ2n) is 5.86. The summed E-state index contributed by atoms with van der Waals surface area (Å²) < 4.78 is 5.25. The van der Waals surface area contributed by atoms with E-state index in [2.05, 4.69) is 24.1 Å². The topological polar surface area (TPSA) is 44.7 Å². The first-order chi connectivity index (χ1) is 9.61. The van der Waals surface area contributed by atoms with Crippen LogP contribution < -0.4 is 10.1 Å². The Morgan fingerprint density at radius 2 is 1.86 bits per heavy atom. The molecule has 1 aliphatic rings. The Morgan fingerprint density at radius 1 is 1.23 bits per heavy atom. The fourth-order valence-corrected chi connectivity index (χ4v) is 2.84. The number of aromatic hydroxyl groups is 1. The van der Waals surface area contributed by atoms with Gasteiger partial charge in [0.05, 0.1) is 7.11 Å². The third kappa shape index (κ3) is 5.51. The maximum atomic E-state index is 9.76. The van der Waals surface area contributed by atoms with E-state index in [9.17, 15) is 5.11 Å². The molecule has 1 aliphatic heterocycles. The van der Waals surface area contributed by atoms with Crippen LogP contribution in [-0.2, 0) is 0 Å². The zero-order chi connectivity index (χ0) is 14.5. The first-order valence-electron chi connectivity index (χ1n) is 7.43. The van der Waals surface area contributed by atoms with Gasteiger partial charge in [0.25, 0.3) is 0 Å². The maximum Gasteiger partial charge on any atom is 0.160 e. The number of rotatable bonds is 5. The van der Waals surface area contributed by atoms with Gasteiger partial charge in [-0.05, 0) is 30.0 Å². The van der Waals surface area contributed by atoms with Crippen molar-refractivity contribution in [1.29, 1.82) is 0 Å². The summed E-state index contributed by atoms with van der Waals surface area (Å²) in [4.78, 5) is 2.53. The van der Waals surface area contributed by atoms with Gasteiger partial charge >= 0.3 is 0 Å². The smallest absolute Gasteiger partial charge is 0.160 e. The summed E-state index contributed by atoms with van der Waals surface area (Å²) in [5.74, 6) is 1.40. The standard InChI is InChI=1S/C16H26N2O2.2ClH/c1-12(2)10-14(18-8-6-17-7-9-18)13-4-5-15(19)16(11-13)20-3;;/h4-5,11-12,14,17,19H,6-10H2,1-3H3;2*1H/t14-;;/m1../s1. The highest BCUT2D eigenvalue weighted by Crippen LogP contribution is 2.34. The van der Waals surface area contributed by atoms with Crippen LogP contribution in [0.1, 0.15) is 31.9 Å². The predicted molar refractivity (Wildman–Crippen MR) is 95.8 cm³/mol. The van der Waals surface area contributed by atoms with Crippen molar-refractivity contribution < 1.29 is 9.84 Å². The van der Waals surface area contributed by atoms with Crippen LogP contribution in [0.3, 0.4) is 0 Å². The van der Waals surface area contributed by atoms with Crippen LogP contribution in [-0.4, -0.2) is 43.3 Å². The number of ether oxygens (including phenoxy) is 1. The highest BCUT2D eigenvalue weighted by molar-refractivity contribution is 5.85. The van der Waals surface area contributed by atoms with Crippen molar-refractivity contribution in [1.82, 2.24) is 10.2 Å². The third-order valence-corrected chi connectivity index (χ3v) is 3.88. The van der Waals surface area contributed by atoms with Gasteiger partial charge in [-0.2, -0.15) is 0 Å². The minimum Gasteiger partial charge on any atom is -0.504 e. The molecule has 4 nitrogen and oxygen atoms in total. The van der Waals surface area contributed by atoms with Gasteiger partial charge in [0.15, 0.2) is 11.5 Å². The van der Waals surface area contributed by atoms with Crippen molar-refractivity contribution in [2.45, 2.75) is 26.3 Å². The van der Waals surface area contributed by atoms with Gasteiger partial charge in [-0.25, -0.2) is 0 Å². The van der Waals surface area contributed by atoms with Crippen molar-refractivity contribution in [3.8, 4) is 11.5 Å². The minimum atomic E-state index is 0. The summed E-state index contributed by atoms with van der Waals surface area (Å²) >= 11 is 0. The molecule has 0 spiro atoms. The zero-order valence-electron chi connectivity index (χ0n) is 13.5. The molecule has 1 heterocycles. The number of phenolic OH excluding ortho intramolecular Hbond substituents is 1. The molecule has 128 valence electrons. The molecule has 1 saturated heterocycles. The van der Waals surface area contributed by atoms with Crippen molar-refractivity contribution in [3.63, 3.8) is 0 Å². The average molecular weight is 351 g/mol. The summed E-state index contributed by atoms with van der Waals surface area (Å²) in [5, 5.41) is 13.2. The fraction of sp³-hybridized carbons (Fsp3) is 0.625. The summed E-state index contributed by atoms with van der Waals surface area (Å²) in [6.45, 7) is 8.74. The molecule has 22 heavy (non-hydrogen) atoms. The summed E-state index contributed by atoms with van der Waals surface area (Å²) in [6.07, 6.45) is 1.12. The molecule has 1 fully saturated rings. The van der Waals surface area contributed by atoms with Crippen LogP contribution in [0.2, 0.25) is 0 Å². The van der Waals surface area contributed by atoms with Crippen LogP contribution in [0.5, 0.6) is 11.5 Å². The number of nitrogens with zero attached hydrogens (tertiary/aromatic N) is 1. The molecular weight excluding hydrogens is 323 g/mol. The van der Waals surface area contributed by atoms with Crippen molar-refractivity contribution >= 4 is 24.8 Å². The number of phenols is 1. The normalized spacial score (nSPS) is 16.5. The molecule has 0 aromatic heterocycles. The zero-order valence-corrected chi connectivity index (χ0v) is 15.2. The lowest BCUT2D eigenvalue weighted by molar-refractivity contribution is 0.154. The Labute approximate surface area is 146 Å². The second kappa shape index (κ2) is 10.2. The van der Waals surface area contributed by atoms with Gasteiger partial charge in [-0.1, -0.05) is 19.9 Å². The third-order valence-electron chi connectivity index (χ3n) is 3.88. The van der Waals surface area contributed by atoms with Gasteiger partial charge in [-0.3, -0.25) is 4.90 Å². The molecule has 1 atom stereocenters. The van der Waals surface area contributed by atoms with E-state index in [4.69, 9.17) is 4.74 Å². The first kappa shape index (κ1) is 21.3. The van der Waals surface area contributed by atoms with E-state index in [1.807, 2.05) is 12.1 Å². The lowest BCUT2D eigenvalue weighted by Gasteiger charge is -2.36.